The lowest BCUT2D eigenvalue weighted by Crippen LogP contribution is -2.51. The molecule has 88 valence electrons. The Kier molecular flexibility index (Phi) is 2.63. The summed E-state index contributed by atoms with van der Waals surface area (Å²) in [5, 5.41) is 0. The summed E-state index contributed by atoms with van der Waals surface area (Å²) >= 11 is 0. The van der Waals surface area contributed by atoms with E-state index in [9.17, 15) is 0 Å². The lowest BCUT2D eigenvalue weighted by atomic mass is 9.63. The first-order chi connectivity index (χ1) is 6.83. The first-order valence-electron chi connectivity index (χ1n) is 6.11. The van der Waals surface area contributed by atoms with Gasteiger partial charge in [0.1, 0.15) is 0 Å². The molecule has 0 radical (unpaired) electrons. The lowest BCUT2D eigenvalue weighted by Gasteiger charge is -2.52. The van der Waals surface area contributed by atoms with Gasteiger partial charge in [-0.1, -0.05) is 27.7 Å². The summed E-state index contributed by atoms with van der Waals surface area (Å²) in [7, 11) is 0. The molecule has 1 aliphatic heterocycles. The summed E-state index contributed by atoms with van der Waals surface area (Å²) in [6.07, 6.45) is 4.39. The second-order valence-electron chi connectivity index (χ2n) is 6.82. The van der Waals surface area contributed by atoms with Crippen LogP contribution in [0.3, 0.4) is 0 Å². The third kappa shape index (κ3) is 2.54. The summed E-state index contributed by atoms with van der Waals surface area (Å²) in [4.78, 5) is 0. The molecule has 0 aromatic carbocycles. The van der Waals surface area contributed by atoms with E-state index in [0.29, 0.717) is 10.8 Å². The fraction of sp³-hybridized carbons (Fsp3) is 1.00. The molecule has 0 bridgehead atoms. The van der Waals surface area contributed by atoms with Gasteiger partial charge in [-0.2, -0.15) is 0 Å². The van der Waals surface area contributed by atoms with Gasteiger partial charge in [0.2, 0.25) is 0 Å². The van der Waals surface area contributed by atoms with Gasteiger partial charge in [-0.25, -0.2) is 0 Å². The Morgan fingerprint density at radius 3 is 1.67 bits per heavy atom. The largest absolute Gasteiger partial charge is 0.350 e. The topological polar surface area (TPSA) is 18.5 Å². The first kappa shape index (κ1) is 11.4. The Balaban J connectivity index is 2.18. The van der Waals surface area contributed by atoms with Crippen molar-refractivity contribution in [2.24, 2.45) is 10.8 Å². The lowest BCUT2D eigenvalue weighted by molar-refractivity contribution is -0.307. The molecule has 0 unspecified atom stereocenters. The van der Waals surface area contributed by atoms with E-state index in [1.165, 1.54) is 6.42 Å². The zero-order chi connectivity index (χ0) is 11.2. The molecule has 2 nitrogen and oxygen atoms in total. The van der Waals surface area contributed by atoms with Crippen LogP contribution in [0.5, 0.6) is 0 Å². The second-order valence-corrected chi connectivity index (χ2v) is 6.82. The van der Waals surface area contributed by atoms with Crippen LogP contribution in [0.25, 0.3) is 0 Å². The molecule has 2 heteroatoms. The van der Waals surface area contributed by atoms with Crippen LogP contribution < -0.4 is 0 Å². The van der Waals surface area contributed by atoms with Crippen LogP contribution in [0.4, 0.5) is 0 Å². The van der Waals surface area contributed by atoms with Gasteiger partial charge in [-0.15, -0.1) is 0 Å². The summed E-state index contributed by atoms with van der Waals surface area (Å²) in [5.41, 5.74) is 0.665. The quantitative estimate of drug-likeness (QED) is 0.613. The standard InChI is InChI=1S/C13H24O2/c1-11(2)8-12(3,4)10-13(9-11)14-6-5-7-15-13/h5-10H2,1-4H3. The van der Waals surface area contributed by atoms with E-state index in [2.05, 4.69) is 27.7 Å². The first-order valence-corrected chi connectivity index (χ1v) is 6.11. The zero-order valence-corrected chi connectivity index (χ0v) is 10.6. The molecule has 2 fully saturated rings. The molecule has 2 aliphatic rings. The van der Waals surface area contributed by atoms with E-state index in [4.69, 9.17) is 9.47 Å². The maximum Gasteiger partial charge on any atom is 0.169 e. The smallest absolute Gasteiger partial charge is 0.169 e. The van der Waals surface area contributed by atoms with Crippen LogP contribution in [0.2, 0.25) is 0 Å². The van der Waals surface area contributed by atoms with Crippen molar-refractivity contribution in [3.05, 3.63) is 0 Å². The van der Waals surface area contributed by atoms with E-state index in [0.717, 1.165) is 32.5 Å². The van der Waals surface area contributed by atoms with Gasteiger partial charge in [-0.05, 0) is 23.7 Å². The van der Waals surface area contributed by atoms with Crippen LogP contribution >= 0.6 is 0 Å². The highest BCUT2D eigenvalue weighted by molar-refractivity contribution is 4.95. The predicted molar refractivity (Wildman–Crippen MR) is 60.7 cm³/mol. The molecule has 0 aromatic heterocycles. The van der Waals surface area contributed by atoms with E-state index in [1.807, 2.05) is 0 Å². The van der Waals surface area contributed by atoms with Crippen molar-refractivity contribution in [1.29, 1.82) is 0 Å². The Bertz CT molecular complexity index is 219. The average molecular weight is 212 g/mol. The van der Waals surface area contributed by atoms with Gasteiger partial charge in [0.05, 0.1) is 13.2 Å². The molecule has 0 aromatic rings. The van der Waals surface area contributed by atoms with Crippen LogP contribution in [0.15, 0.2) is 0 Å². The van der Waals surface area contributed by atoms with Gasteiger partial charge >= 0.3 is 0 Å². The monoisotopic (exact) mass is 212 g/mol. The Morgan fingerprint density at radius 2 is 1.20 bits per heavy atom. The molecule has 1 aliphatic carbocycles. The molecular formula is C13H24O2. The normalized spacial score (nSPS) is 32.8. The number of hydrogen-bond donors (Lipinski definition) is 0. The van der Waals surface area contributed by atoms with Crippen LogP contribution in [-0.2, 0) is 9.47 Å². The predicted octanol–water partition coefficient (Wildman–Crippen LogP) is 3.36. The Labute approximate surface area is 93.3 Å². The van der Waals surface area contributed by atoms with E-state index in [1.54, 1.807) is 0 Å². The molecule has 1 heterocycles. The van der Waals surface area contributed by atoms with Crippen molar-refractivity contribution in [3.8, 4) is 0 Å². The van der Waals surface area contributed by atoms with Gasteiger partial charge in [0, 0.05) is 12.8 Å². The van der Waals surface area contributed by atoms with Crippen LogP contribution in [-0.4, -0.2) is 19.0 Å². The fourth-order valence-corrected chi connectivity index (χ4v) is 3.76. The minimum Gasteiger partial charge on any atom is -0.350 e. The van der Waals surface area contributed by atoms with Gasteiger partial charge in [0.25, 0.3) is 0 Å². The van der Waals surface area contributed by atoms with Crippen LogP contribution in [0.1, 0.15) is 53.4 Å². The van der Waals surface area contributed by atoms with Crippen LogP contribution in [0, 0.1) is 10.8 Å². The minimum atomic E-state index is -0.274. The molecular weight excluding hydrogens is 188 g/mol. The number of rotatable bonds is 0. The highest BCUT2D eigenvalue weighted by Crippen LogP contribution is 2.52. The molecule has 1 saturated carbocycles. The molecule has 0 N–H and O–H groups in total. The molecule has 0 amide bonds. The van der Waals surface area contributed by atoms with E-state index in [-0.39, 0.29) is 5.79 Å². The third-order valence-corrected chi connectivity index (χ3v) is 3.47. The highest BCUT2D eigenvalue weighted by atomic mass is 16.7. The Hall–Kier alpha value is -0.0800. The van der Waals surface area contributed by atoms with Crippen molar-refractivity contribution in [1.82, 2.24) is 0 Å². The summed E-state index contributed by atoms with van der Waals surface area (Å²) < 4.78 is 11.9. The SMILES string of the molecule is CC1(C)CC(C)(C)CC2(C1)OCCCO2. The molecule has 15 heavy (non-hydrogen) atoms. The van der Waals surface area contributed by atoms with E-state index >= 15 is 0 Å². The molecule has 0 atom stereocenters. The average Bonchev–Trinajstić information content (AvgIpc) is 1.97. The number of ether oxygens (including phenoxy) is 2. The maximum atomic E-state index is 5.96. The third-order valence-electron chi connectivity index (χ3n) is 3.47. The minimum absolute atomic E-state index is 0.274. The fourth-order valence-electron chi connectivity index (χ4n) is 3.76. The van der Waals surface area contributed by atoms with Crippen molar-refractivity contribution in [2.45, 2.75) is 59.2 Å². The van der Waals surface area contributed by atoms with Crippen molar-refractivity contribution in [2.75, 3.05) is 13.2 Å². The van der Waals surface area contributed by atoms with Gasteiger partial charge < -0.3 is 9.47 Å². The zero-order valence-electron chi connectivity index (χ0n) is 10.6. The molecule has 1 saturated heterocycles. The van der Waals surface area contributed by atoms with Gasteiger partial charge in [-0.3, -0.25) is 0 Å². The highest BCUT2D eigenvalue weighted by Gasteiger charge is 2.49. The van der Waals surface area contributed by atoms with Crippen molar-refractivity contribution >= 4 is 0 Å². The van der Waals surface area contributed by atoms with Crippen molar-refractivity contribution in [3.63, 3.8) is 0 Å². The molecule has 2 rings (SSSR count). The number of hydrogen-bond acceptors (Lipinski definition) is 2. The maximum absolute atomic E-state index is 5.96. The van der Waals surface area contributed by atoms with Crippen molar-refractivity contribution < 1.29 is 9.47 Å². The van der Waals surface area contributed by atoms with E-state index < -0.39 is 0 Å². The molecule has 1 spiro atoms. The second kappa shape index (κ2) is 3.46. The summed E-state index contributed by atoms with van der Waals surface area (Å²) in [5.74, 6) is -0.274. The summed E-state index contributed by atoms with van der Waals surface area (Å²) in [6, 6.07) is 0. The summed E-state index contributed by atoms with van der Waals surface area (Å²) in [6.45, 7) is 11.1. The Morgan fingerprint density at radius 1 is 0.733 bits per heavy atom. The van der Waals surface area contributed by atoms with Gasteiger partial charge in [0.15, 0.2) is 5.79 Å².